The molecule has 1 unspecified atom stereocenters. The van der Waals surface area contributed by atoms with E-state index in [0.717, 1.165) is 37.1 Å². The number of hydrogen-bond acceptors (Lipinski definition) is 2. The third kappa shape index (κ3) is 2.68. The van der Waals surface area contributed by atoms with Gasteiger partial charge < -0.3 is 10.2 Å². The van der Waals surface area contributed by atoms with E-state index in [4.69, 9.17) is 11.6 Å². The van der Waals surface area contributed by atoms with Crippen LogP contribution in [0.1, 0.15) is 28.8 Å². The molecular weight excluding hydrogens is 248 g/mol. The predicted molar refractivity (Wildman–Crippen MR) is 74.2 cm³/mol. The fourth-order valence-corrected chi connectivity index (χ4v) is 2.70. The van der Waals surface area contributed by atoms with Crippen molar-refractivity contribution in [2.75, 3.05) is 20.1 Å². The molecule has 1 atom stereocenters. The number of aryl methyl sites for hydroxylation is 1. The molecule has 18 heavy (non-hydrogen) atoms. The lowest BCUT2D eigenvalue weighted by Crippen LogP contribution is -2.41. The number of hydrogen-bond donors (Lipinski definition) is 1. The lowest BCUT2D eigenvalue weighted by Gasteiger charge is -2.25. The molecule has 2 rings (SSSR count). The summed E-state index contributed by atoms with van der Waals surface area (Å²) in [6.07, 6.45) is 2.16. The number of nitrogens with zero attached hydrogens (tertiary/aromatic N) is 1. The van der Waals surface area contributed by atoms with Crippen molar-refractivity contribution in [3.05, 3.63) is 34.3 Å². The molecule has 1 saturated heterocycles. The Labute approximate surface area is 113 Å². The summed E-state index contributed by atoms with van der Waals surface area (Å²) >= 11 is 5.98. The first kappa shape index (κ1) is 13.4. The van der Waals surface area contributed by atoms with Crippen molar-refractivity contribution in [1.82, 2.24) is 10.2 Å². The molecule has 1 fully saturated rings. The Hall–Kier alpha value is -1.06. The van der Waals surface area contributed by atoms with Crippen molar-refractivity contribution in [1.29, 1.82) is 0 Å². The van der Waals surface area contributed by atoms with Gasteiger partial charge in [0.15, 0.2) is 0 Å². The van der Waals surface area contributed by atoms with E-state index in [1.54, 1.807) is 6.07 Å². The highest BCUT2D eigenvalue weighted by molar-refractivity contribution is 6.31. The molecule has 1 aliphatic rings. The first-order chi connectivity index (χ1) is 8.63. The molecule has 0 spiro atoms. The van der Waals surface area contributed by atoms with Crippen LogP contribution in [-0.2, 0) is 0 Å². The van der Waals surface area contributed by atoms with Gasteiger partial charge in [-0.15, -0.1) is 0 Å². The highest BCUT2D eigenvalue weighted by atomic mass is 35.5. The molecule has 3 nitrogen and oxygen atoms in total. The van der Waals surface area contributed by atoms with Crippen molar-refractivity contribution in [2.24, 2.45) is 0 Å². The molecule has 1 heterocycles. The van der Waals surface area contributed by atoms with Crippen LogP contribution in [0.25, 0.3) is 0 Å². The maximum absolute atomic E-state index is 12.5. The summed E-state index contributed by atoms with van der Waals surface area (Å²) < 4.78 is 0. The van der Waals surface area contributed by atoms with Crippen molar-refractivity contribution in [3.8, 4) is 0 Å². The molecule has 1 N–H and O–H groups in total. The lowest BCUT2D eigenvalue weighted by atomic mass is 10.1. The summed E-state index contributed by atoms with van der Waals surface area (Å²) in [5, 5.41) is 3.77. The molecular formula is C14H19ClN2O. The number of amides is 1. The highest BCUT2D eigenvalue weighted by Crippen LogP contribution is 2.23. The Morgan fingerprint density at radius 2 is 2.33 bits per heavy atom. The van der Waals surface area contributed by atoms with Crippen molar-refractivity contribution >= 4 is 17.5 Å². The topological polar surface area (TPSA) is 32.3 Å². The minimum absolute atomic E-state index is 0.104. The minimum atomic E-state index is 0.104. The third-order valence-electron chi connectivity index (χ3n) is 3.51. The number of carbonyl (C=O) groups excluding carboxylic acids is 1. The van der Waals surface area contributed by atoms with Gasteiger partial charge >= 0.3 is 0 Å². The van der Waals surface area contributed by atoms with Crippen LogP contribution >= 0.6 is 11.6 Å². The molecule has 0 bridgehead atoms. The standard InChI is InChI=1S/C14H19ClN2O/c1-10-5-6-11(15)8-13(10)14(18)17-7-3-4-12(17)9-16-2/h5-6,8,12,16H,3-4,7,9H2,1-2H3. The van der Waals surface area contributed by atoms with E-state index in [2.05, 4.69) is 5.32 Å². The molecule has 0 saturated carbocycles. The number of nitrogens with one attached hydrogen (secondary N) is 1. The van der Waals surface area contributed by atoms with Gasteiger partial charge in [-0.3, -0.25) is 4.79 Å². The quantitative estimate of drug-likeness (QED) is 0.912. The van der Waals surface area contributed by atoms with Crippen LogP contribution in [0.3, 0.4) is 0 Å². The van der Waals surface area contributed by atoms with Gasteiger partial charge in [0.05, 0.1) is 0 Å². The number of carbonyl (C=O) groups is 1. The molecule has 1 aromatic carbocycles. The monoisotopic (exact) mass is 266 g/mol. The van der Waals surface area contributed by atoms with E-state index in [1.807, 2.05) is 31.0 Å². The highest BCUT2D eigenvalue weighted by Gasteiger charge is 2.29. The maximum atomic E-state index is 12.5. The van der Waals surface area contributed by atoms with Gasteiger partial charge in [0.2, 0.25) is 0 Å². The number of likely N-dealkylation sites (N-methyl/N-ethyl adjacent to an activating group) is 1. The molecule has 1 aliphatic heterocycles. The minimum Gasteiger partial charge on any atom is -0.334 e. The van der Waals surface area contributed by atoms with Crippen LogP contribution in [0, 0.1) is 6.92 Å². The lowest BCUT2D eigenvalue weighted by molar-refractivity contribution is 0.0736. The van der Waals surface area contributed by atoms with E-state index in [1.165, 1.54) is 0 Å². The molecule has 1 aromatic rings. The third-order valence-corrected chi connectivity index (χ3v) is 3.74. The Balaban J connectivity index is 2.22. The summed E-state index contributed by atoms with van der Waals surface area (Å²) in [5.74, 6) is 0.104. The Morgan fingerprint density at radius 1 is 1.56 bits per heavy atom. The fourth-order valence-electron chi connectivity index (χ4n) is 2.53. The van der Waals surface area contributed by atoms with Crippen LogP contribution in [-0.4, -0.2) is 37.0 Å². The second kappa shape index (κ2) is 5.72. The predicted octanol–water partition coefficient (Wildman–Crippen LogP) is 2.47. The van der Waals surface area contributed by atoms with E-state index in [9.17, 15) is 4.79 Å². The van der Waals surface area contributed by atoms with Crippen LogP contribution in [0.5, 0.6) is 0 Å². The Bertz CT molecular complexity index is 447. The zero-order valence-corrected chi connectivity index (χ0v) is 11.6. The van der Waals surface area contributed by atoms with Crippen LogP contribution < -0.4 is 5.32 Å². The molecule has 0 aliphatic carbocycles. The van der Waals surface area contributed by atoms with Gasteiger partial charge in [-0.05, 0) is 44.5 Å². The Kier molecular flexibility index (Phi) is 4.25. The average molecular weight is 267 g/mol. The summed E-state index contributed by atoms with van der Waals surface area (Å²) in [4.78, 5) is 14.5. The van der Waals surface area contributed by atoms with Crippen LogP contribution in [0.4, 0.5) is 0 Å². The van der Waals surface area contributed by atoms with E-state index < -0.39 is 0 Å². The molecule has 1 amide bonds. The maximum Gasteiger partial charge on any atom is 0.254 e. The van der Waals surface area contributed by atoms with Crippen molar-refractivity contribution in [2.45, 2.75) is 25.8 Å². The molecule has 0 radical (unpaired) electrons. The van der Waals surface area contributed by atoms with Gasteiger partial charge in [0, 0.05) is 29.7 Å². The summed E-state index contributed by atoms with van der Waals surface area (Å²) in [6.45, 7) is 3.65. The SMILES string of the molecule is CNCC1CCCN1C(=O)c1cc(Cl)ccc1C. The van der Waals surface area contributed by atoms with Crippen molar-refractivity contribution < 1.29 is 4.79 Å². The largest absolute Gasteiger partial charge is 0.334 e. The average Bonchev–Trinajstić information content (AvgIpc) is 2.80. The number of rotatable bonds is 3. The second-order valence-electron chi connectivity index (χ2n) is 4.81. The first-order valence-electron chi connectivity index (χ1n) is 6.35. The van der Waals surface area contributed by atoms with Gasteiger partial charge in [0.25, 0.3) is 5.91 Å². The second-order valence-corrected chi connectivity index (χ2v) is 5.25. The molecule has 98 valence electrons. The van der Waals surface area contributed by atoms with Crippen molar-refractivity contribution in [3.63, 3.8) is 0 Å². The van der Waals surface area contributed by atoms with Gasteiger partial charge in [0.1, 0.15) is 0 Å². The zero-order chi connectivity index (χ0) is 13.1. The van der Waals surface area contributed by atoms with E-state index >= 15 is 0 Å². The first-order valence-corrected chi connectivity index (χ1v) is 6.73. The fraction of sp³-hybridized carbons (Fsp3) is 0.500. The summed E-state index contributed by atoms with van der Waals surface area (Å²) in [6, 6.07) is 5.80. The van der Waals surface area contributed by atoms with Crippen LogP contribution in [0.2, 0.25) is 5.02 Å². The smallest absolute Gasteiger partial charge is 0.254 e. The van der Waals surface area contributed by atoms with Gasteiger partial charge in [-0.25, -0.2) is 0 Å². The Morgan fingerprint density at radius 3 is 3.06 bits per heavy atom. The van der Waals surface area contributed by atoms with E-state index in [0.29, 0.717) is 11.1 Å². The molecule has 0 aromatic heterocycles. The van der Waals surface area contributed by atoms with Gasteiger partial charge in [-0.1, -0.05) is 17.7 Å². The number of halogens is 1. The van der Waals surface area contributed by atoms with E-state index in [-0.39, 0.29) is 5.91 Å². The number of benzene rings is 1. The molecule has 4 heteroatoms. The zero-order valence-electron chi connectivity index (χ0n) is 10.9. The summed E-state index contributed by atoms with van der Waals surface area (Å²) in [5.41, 5.74) is 1.71. The number of likely N-dealkylation sites (tertiary alicyclic amines) is 1. The van der Waals surface area contributed by atoms with Gasteiger partial charge in [-0.2, -0.15) is 0 Å². The normalized spacial score (nSPS) is 19.3. The van der Waals surface area contributed by atoms with Crippen LogP contribution in [0.15, 0.2) is 18.2 Å². The summed E-state index contributed by atoms with van der Waals surface area (Å²) in [7, 11) is 1.92.